The minimum atomic E-state index is -0.645. The van der Waals surface area contributed by atoms with E-state index in [1.807, 2.05) is 52.0 Å². The molecule has 0 aliphatic carbocycles. The van der Waals surface area contributed by atoms with E-state index in [0.29, 0.717) is 12.8 Å². The van der Waals surface area contributed by atoms with E-state index < -0.39 is 11.9 Å². The molecule has 0 heterocycles. The van der Waals surface area contributed by atoms with Crippen LogP contribution in [0.25, 0.3) is 0 Å². The summed E-state index contributed by atoms with van der Waals surface area (Å²) < 4.78 is 0. The summed E-state index contributed by atoms with van der Waals surface area (Å²) in [7, 11) is 0. The summed E-state index contributed by atoms with van der Waals surface area (Å²) in [6.45, 7) is 7.66. The van der Waals surface area contributed by atoms with Crippen LogP contribution in [0, 0.1) is 12.3 Å². The van der Waals surface area contributed by atoms with Crippen LogP contribution < -0.4 is 11.1 Å². The molecule has 1 rings (SSSR count). The van der Waals surface area contributed by atoms with E-state index in [2.05, 4.69) is 5.32 Å². The molecule has 3 N–H and O–H groups in total. The first-order chi connectivity index (χ1) is 9.20. The Hall–Kier alpha value is -1.84. The molecule has 0 bridgehead atoms. The molecule has 4 heteroatoms. The molecular formula is C16H24N2O2. The van der Waals surface area contributed by atoms with Gasteiger partial charge < -0.3 is 11.1 Å². The van der Waals surface area contributed by atoms with E-state index >= 15 is 0 Å². The molecular weight excluding hydrogens is 252 g/mol. The predicted octanol–water partition coefficient (Wildman–Crippen LogP) is 1.94. The van der Waals surface area contributed by atoms with Gasteiger partial charge in [-0.05, 0) is 24.3 Å². The van der Waals surface area contributed by atoms with Gasteiger partial charge >= 0.3 is 0 Å². The van der Waals surface area contributed by atoms with Crippen molar-refractivity contribution in [2.24, 2.45) is 11.1 Å². The average molecular weight is 276 g/mol. The number of amides is 2. The second-order valence-corrected chi connectivity index (χ2v) is 6.25. The molecule has 0 aliphatic rings. The summed E-state index contributed by atoms with van der Waals surface area (Å²) in [5, 5.41) is 2.72. The maximum Gasteiger partial charge on any atom is 0.240 e. The molecule has 110 valence electrons. The maximum absolute atomic E-state index is 11.9. The third kappa shape index (κ3) is 5.03. The Morgan fingerprint density at radius 3 is 2.20 bits per heavy atom. The van der Waals surface area contributed by atoms with E-state index in [4.69, 9.17) is 5.73 Å². The second-order valence-electron chi connectivity index (χ2n) is 6.25. The van der Waals surface area contributed by atoms with Crippen molar-refractivity contribution < 1.29 is 9.59 Å². The van der Waals surface area contributed by atoms with E-state index in [9.17, 15) is 9.59 Å². The lowest BCUT2D eigenvalue weighted by molar-refractivity contribution is -0.129. The SMILES string of the molecule is Cc1ccc(CCC(=O)NC(C(N)=O)C(C)(C)C)cc1. The van der Waals surface area contributed by atoms with Crippen LogP contribution in [0.3, 0.4) is 0 Å². The van der Waals surface area contributed by atoms with Crippen LogP contribution in [-0.4, -0.2) is 17.9 Å². The molecule has 0 radical (unpaired) electrons. The Kier molecular flexibility index (Phi) is 5.31. The lowest BCUT2D eigenvalue weighted by atomic mass is 9.86. The fourth-order valence-electron chi connectivity index (χ4n) is 1.96. The average Bonchev–Trinajstić information content (AvgIpc) is 2.33. The summed E-state index contributed by atoms with van der Waals surface area (Å²) in [5.41, 5.74) is 7.26. The van der Waals surface area contributed by atoms with Gasteiger partial charge in [-0.15, -0.1) is 0 Å². The van der Waals surface area contributed by atoms with E-state index in [0.717, 1.165) is 5.56 Å². The number of primary amides is 1. The quantitative estimate of drug-likeness (QED) is 0.862. The minimum Gasteiger partial charge on any atom is -0.368 e. The number of hydrogen-bond donors (Lipinski definition) is 2. The lowest BCUT2D eigenvalue weighted by Gasteiger charge is -2.28. The summed E-state index contributed by atoms with van der Waals surface area (Å²) in [4.78, 5) is 23.3. The zero-order valence-electron chi connectivity index (χ0n) is 12.7. The van der Waals surface area contributed by atoms with Gasteiger partial charge in [-0.1, -0.05) is 50.6 Å². The zero-order chi connectivity index (χ0) is 15.3. The van der Waals surface area contributed by atoms with Crippen molar-refractivity contribution in [3.63, 3.8) is 0 Å². The summed E-state index contributed by atoms with van der Waals surface area (Å²) in [5.74, 6) is -0.648. The molecule has 20 heavy (non-hydrogen) atoms. The highest BCUT2D eigenvalue weighted by Gasteiger charge is 2.30. The van der Waals surface area contributed by atoms with E-state index in [1.165, 1.54) is 5.56 Å². The van der Waals surface area contributed by atoms with Crippen molar-refractivity contribution in [1.82, 2.24) is 5.32 Å². The summed E-state index contributed by atoms with van der Waals surface area (Å²) >= 11 is 0. The first-order valence-electron chi connectivity index (χ1n) is 6.84. The molecule has 4 nitrogen and oxygen atoms in total. The number of carbonyl (C=O) groups is 2. The minimum absolute atomic E-state index is 0.149. The van der Waals surface area contributed by atoms with Gasteiger partial charge in [0.25, 0.3) is 0 Å². The van der Waals surface area contributed by atoms with Gasteiger partial charge in [-0.25, -0.2) is 0 Å². The molecule has 1 aromatic rings. The predicted molar refractivity (Wildman–Crippen MR) is 80.1 cm³/mol. The van der Waals surface area contributed by atoms with Gasteiger partial charge in [0.15, 0.2) is 0 Å². The number of nitrogens with one attached hydrogen (secondary N) is 1. The number of rotatable bonds is 5. The summed E-state index contributed by atoms with van der Waals surface area (Å²) in [6, 6.07) is 7.42. The van der Waals surface area contributed by atoms with Crippen molar-refractivity contribution >= 4 is 11.8 Å². The lowest BCUT2D eigenvalue weighted by Crippen LogP contribution is -2.52. The Morgan fingerprint density at radius 1 is 1.20 bits per heavy atom. The van der Waals surface area contributed by atoms with Gasteiger partial charge in [0.05, 0.1) is 0 Å². The zero-order valence-corrected chi connectivity index (χ0v) is 12.7. The Labute approximate surface area is 120 Å². The Morgan fingerprint density at radius 2 is 1.75 bits per heavy atom. The number of benzene rings is 1. The van der Waals surface area contributed by atoms with E-state index in [-0.39, 0.29) is 11.3 Å². The molecule has 0 fully saturated rings. The van der Waals surface area contributed by atoms with Crippen LogP contribution in [0.15, 0.2) is 24.3 Å². The molecule has 1 aromatic carbocycles. The normalized spacial score (nSPS) is 12.8. The third-order valence-corrected chi connectivity index (χ3v) is 3.22. The smallest absolute Gasteiger partial charge is 0.240 e. The van der Waals surface area contributed by atoms with Crippen LogP contribution in [0.2, 0.25) is 0 Å². The largest absolute Gasteiger partial charge is 0.368 e. The number of nitrogens with two attached hydrogens (primary N) is 1. The molecule has 0 saturated carbocycles. The van der Waals surface area contributed by atoms with Gasteiger partial charge in [0.2, 0.25) is 11.8 Å². The highest BCUT2D eigenvalue weighted by molar-refractivity contribution is 5.87. The molecule has 0 spiro atoms. The number of carbonyl (C=O) groups excluding carboxylic acids is 2. The van der Waals surface area contributed by atoms with Crippen molar-refractivity contribution in [1.29, 1.82) is 0 Å². The van der Waals surface area contributed by atoms with Crippen molar-refractivity contribution in [2.75, 3.05) is 0 Å². The summed E-state index contributed by atoms with van der Waals surface area (Å²) in [6.07, 6.45) is 1.00. The fraction of sp³-hybridized carbons (Fsp3) is 0.500. The highest BCUT2D eigenvalue weighted by atomic mass is 16.2. The molecule has 1 unspecified atom stereocenters. The third-order valence-electron chi connectivity index (χ3n) is 3.22. The monoisotopic (exact) mass is 276 g/mol. The van der Waals surface area contributed by atoms with Crippen LogP contribution in [-0.2, 0) is 16.0 Å². The first kappa shape index (κ1) is 16.2. The fourth-order valence-corrected chi connectivity index (χ4v) is 1.96. The van der Waals surface area contributed by atoms with E-state index in [1.54, 1.807) is 0 Å². The number of aryl methyl sites for hydroxylation is 2. The second kappa shape index (κ2) is 6.55. The van der Waals surface area contributed by atoms with Gasteiger partial charge in [0, 0.05) is 6.42 Å². The molecule has 0 aromatic heterocycles. The van der Waals surface area contributed by atoms with Gasteiger partial charge in [-0.2, -0.15) is 0 Å². The van der Waals surface area contributed by atoms with Crippen LogP contribution in [0.1, 0.15) is 38.3 Å². The van der Waals surface area contributed by atoms with Crippen LogP contribution in [0.4, 0.5) is 0 Å². The van der Waals surface area contributed by atoms with Gasteiger partial charge in [0.1, 0.15) is 6.04 Å². The van der Waals surface area contributed by atoms with Crippen molar-refractivity contribution in [3.05, 3.63) is 35.4 Å². The highest BCUT2D eigenvalue weighted by Crippen LogP contribution is 2.19. The molecule has 0 aliphatic heterocycles. The van der Waals surface area contributed by atoms with Crippen molar-refractivity contribution in [3.8, 4) is 0 Å². The van der Waals surface area contributed by atoms with Crippen LogP contribution in [0.5, 0.6) is 0 Å². The Bertz CT molecular complexity index is 472. The number of hydrogen-bond acceptors (Lipinski definition) is 2. The molecule has 2 amide bonds. The molecule has 0 saturated heterocycles. The Balaban J connectivity index is 2.54. The topological polar surface area (TPSA) is 72.2 Å². The maximum atomic E-state index is 11.9. The van der Waals surface area contributed by atoms with Crippen molar-refractivity contribution in [2.45, 2.75) is 46.6 Å². The van der Waals surface area contributed by atoms with Gasteiger partial charge in [-0.3, -0.25) is 9.59 Å². The standard InChI is InChI=1S/C16H24N2O2/c1-11-5-7-12(8-6-11)9-10-13(19)18-14(15(17)20)16(2,3)4/h5-8,14H,9-10H2,1-4H3,(H2,17,20)(H,18,19). The van der Waals surface area contributed by atoms with Crippen LogP contribution >= 0.6 is 0 Å². The first-order valence-corrected chi connectivity index (χ1v) is 6.84. The molecule has 1 atom stereocenters.